The molecule has 1 aromatic rings. The second-order valence-corrected chi connectivity index (χ2v) is 5.37. The zero-order valence-electron chi connectivity index (χ0n) is 10.9. The minimum absolute atomic E-state index is 0.0932. The van der Waals surface area contributed by atoms with E-state index in [0.29, 0.717) is 5.92 Å². The normalized spacial score (nSPS) is 32.1. The van der Waals surface area contributed by atoms with Crippen molar-refractivity contribution in [3.05, 3.63) is 65.8 Å². The molecular weight excluding hydrogens is 234 g/mol. The molecule has 0 heterocycles. The molecule has 96 valence electrons. The topological polar surface area (TPSA) is 32.6 Å². The molecule has 2 nitrogen and oxygen atoms in total. The summed E-state index contributed by atoms with van der Waals surface area (Å²) in [6.45, 7) is 2.22. The van der Waals surface area contributed by atoms with Crippen LogP contribution in [0.2, 0.25) is 0 Å². The molecule has 19 heavy (non-hydrogen) atoms. The Kier molecular flexibility index (Phi) is 2.86. The van der Waals surface area contributed by atoms with Crippen molar-refractivity contribution in [2.24, 2.45) is 16.5 Å². The molecule has 0 spiro atoms. The van der Waals surface area contributed by atoms with Gasteiger partial charge in [0.15, 0.2) is 0 Å². The Morgan fingerprint density at radius 3 is 2.89 bits per heavy atom. The number of hydrogen-bond donors (Lipinski definition) is 1. The number of oxime groups is 1. The SMILES string of the molecule is CC1(C2C=Cc3ccccc32)C=CC=CC1/C=N/O. The van der Waals surface area contributed by atoms with Crippen LogP contribution in [-0.4, -0.2) is 11.4 Å². The van der Waals surface area contributed by atoms with Crippen LogP contribution in [0.4, 0.5) is 0 Å². The Morgan fingerprint density at radius 1 is 1.21 bits per heavy atom. The zero-order chi connectivity index (χ0) is 13.3. The van der Waals surface area contributed by atoms with Gasteiger partial charge in [0.2, 0.25) is 0 Å². The summed E-state index contributed by atoms with van der Waals surface area (Å²) in [7, 11) is 0. The van der Waals surface area contributed by atoms with E-state index in [1.54, 1.807) is 6.21 Å². The second kappa shape index (κ2) is 4.54. The lowest BCUT2D eigenvalue weighted by molar-refractivity contribution is 0.300. The van der Waals surface area contributed by atoms with Crippen molar-refractivity contribution >= 4 is 12.3 Å². The Labute approximate surface area is 113 Å². The first-order valence-electron chi connectivity index (χ1n) is 6.56. The van der Waals surface area contributed by atoms with Gasteiger partial charge in [-0.25, -0.2) is 0 Å². The van der Waals surface area contributed by atoms with E-state index in [2.05, 4.69) is 66.7 Å². The van der Waals surface area contributed by atoms with Gasteiger partial charge in [0.25, 0.3) is 0 Å². The van der Waals surface area contributed by atoms with Crippen LogP contribution in [0.15, 0.2) is 59.8 Å². The molecule has 2 aliphatic rings. The van der Waals surface area contributed by atoms with Gasteiger partial charge in [-0.3, -0.25) is 0 Å². The summed E-state index contributed by atoms with van der Waals surface area (Å²) in [6.07, 6.45) is 14.5. The Hall–Kier alpha value is -2.09. The number of allylic oxidation sites excluding steroid dienone is 5. The van der Waals surface area contributed by atoms with Crippen LogP contribution in [0.5, 0.6) is 0 Å². The van der Waals surface area contributed by atoms with Gasteiger partial charge >= 0.3 is 0 Å². The van der Waals surface area contributed by atoms with Crippen LogP contribution in [0, 0.1) is 11.3 Å². The number of fused-ring (bicyclic) bond motifs is 1. The fraction of sp³-hybridized carbons (Fsp3) is 0.235. The average molecular weight is 251 g/mol. The van der Waals surface area contributed by atoms with Crippen molar-refractivity contribution in [1.29, 1.82) is 0 Å². The molecule has 0 saturated carbocycles. The van der Waals surface area contributed by atoms with Crippen molar-refractivity contribution in [2.45, 2.75) is 12.8 Å². The van der Waals surface area contributed by atoms with Crippen LogP contribution in [0.25, 0.3) is 6.08 Å². The van der Waals surface area contributed by atoms with Crippen LogP contribution in [0.3, 0.4) is 0 Å². The van der Waals surface area contributed by atoms with E-state index < -0.39 is 0 Å². The standard InChI is InChI=1S/C17H17NO/c1-17(11-5-4-7-14(17)12-18-19)16-10-9-13-6-2-3-8-15(13)16/h2-12,14,16,19H,1H3/b18-12+. The lowest BCUT2D eigenvalue weighted by Gasteiger charge is -2.38. The summed E-state index contributed by atoms with van der Waals surface area (Å²) in [4.78, 5) is 0. The predicted molar refractivity (Wildman–Crippen MR) is 78.4 cm³/mol. The molecule has 2 heteroatoms. The molecule has 0 aliphatic heterocycles. The highest BCUT2D eigenvalue weighted by Crippen LogP contribution is 2.49. The van der Waals surface area contributed by atoms with E-state index in [1.807, 2.05) is 6.08 Å². The molecule has 3 rings (SSSR count). The number of nitrogens with zero attached hydrogens (tertiary/aromatic N) is 1. The van der Waals surface area contributed by atoms with Gasteiger partial charge in [-0.05, 0) is 11.1 Å². The van der Waals surface area contributed by atoms with E-state index in [9.17, 15) is 0 Å². The summed E-state index contributed by atoms with van der Waals surface area (Å²) in [5, 5.41) is 12.1. The molecule has 0 fully saturated rings. The Bertz CT molecular complexity index is 597. The first-order chi connectivity index (χ1) is 9.25. The molecule has 0 saturated heterocycles. The van der Waals surface area contributed by atoms with Crippen LogP contribution in [-0.2, 0) is 0 Å². The van der Waals surface area contributed by atoms with E-state index in [1.165, 1.54) is 11.1 Å². The third kappa shape index (κ3) is 1.84. The van der Waals surface area contributed by atoms with E-state index >= 15 is 0 Å². The average Bonchev–Trinajstić information content (AvgIpc) is 2.86. The van der Waals surface area contributed by atoms with Crippen LogP contribution in [0.1, 0.15) is 24.0 Å². The van der Waals surface area contributed by atoms with Gasteiger partial charge < -0.3 is 5.21 Å². The zero-order valence-corrected chi connectivity index (χ0v) is 10.9. The molecule has 1 aromatic carbocycles. The van der Waals surface area contributed by atoms with E-state index in [4.69, 9.17) is 5.21 Å². The fourth-order valence-corrected chi connectivity index (χ4v) is 3.15. The minimum Gasteiger partial charge on any atom is -0.411 e. The summed E-state index contributed by atoms with van der Waals surface area (Å²) in [5.41, 5.74) is 2.54. The number of hydrogen-bond acceptors (Lipinski definition) is 2. The molecule has 1 N–H and O–H groups in total. The van der Waals surface area contributed by atoms with Crippen molar-refractivity contribution in [3.63, 3.8) is 0 Å². The van der Waals surface area contributed by atoms with E-state index in [-0.39, 0.29) is 11.3 Å². The third-order valence-corrected chi connectivity index (χ3v) is 4.30. The molecule has 0 bridgehead atoms. The van der Waals surface area contributed by atoms with Gasteiger partial charge in [0, 0.05) is 17.3 Å². The maximum atomic E-state index is 8.88. The minimum atomic E-state index is -0.0932. The van der Waals surface area contributed by atoms with Crippen LogP contribution >= 0.6 is 0 Å². The van der Waals surface area contributed by atoms with Gasteiger partial charge in [-0.2, -0.15) is 0 Å². The largest absolute Gasteiger partial charge is 0.411 e. The number of benzene rings is 1. The number of rotatable bonds is 2. The van der Waals surface area contributed by atoms with Gasteiger partial charge in [0.1, 0.15) is 0 Å². The molecule has 2 aliphatic carbocycles. The molecule has 3 unspecified atom stereocenters. The summed E-state index contributed by atoms with van der Waals surface area (Å²) in [5.74, 6) is 0.413. The molecule has 0 aromatic heterocycles. The third-order valence-electron chi connectivity index (χ3n) is 4.30. The monoisotopic (exact) mass is 251 g/mol. The highest BCUT2D eigenvalue weighted by Gasteiger charge is 2.40. The van der Waals surface area contributed by atoms with Crippen LogP contribution < -0.4 is 0 Å². The fourth-order valence-electron chi connectivity index (χ4n) is 3.15. The Balaban J connectivity index is 2.04. The summed E-state index contributed by atoms with van der Waals surface area (Å²) in [6, 6.07) is 8.48. The maximum absolute atomic E-state index is 8.88. The van der Waals surface area contributed by atoms with Crippen molar-refractivity contribution in [1.82, 2.24) is 0 Å². The highest BCUT2D eigenvalue weighted by molar-refractivity contribution is 5.69. The quantitative estimate of drug-likeness (QED) is 0.481. The molecule has 0 amide bonds. The van der Waals surface area contributed by atoms with Gasteiger partial charge in [-0.15, -0.1) is 5.16 Å². The smallest absolute Gasteiger partial charge is 0.0513 e. The van der Waals surface area contributed by atoms with Gasteiger partial charge in [-0.1, -0.05) is 67.6 Å². The summed E-state index contributed by atoms with van der Waals surface area (Å²) < 4.78 is 0. The van der Waals surface area contributed by atoms with Crippen molar-refractivity contribution in [2.75, 3.05) is 0 Å². The maximum Gasteiger partial charge on any atom is 0.0513 e. The molecular formula is C17H17NO. The lowest BCUT2D eigenvalue weighted by atomic mass is 9.65. The predicted octanol–water partition coefficient (Wildman–Crippen LogP) is 4.01. The first kappa shape index (κ1) is 12.0. The summed E-state index contributed by atoms with van der Waals surface area (Å²) >= 11 is 0. The molecule has 0 radical (unpaired) electrons. The second-order valence-electron chi connectivity index (χ2n) is 5.37. The van der Waals surface area contributed by atoms with Gasteiger partial charge in [0.05, 0.1) is 6.21 Å². The van der Waals surface area contributed by atoms with Crippen molar-refractivity contribution in [3.8, 4) is 0 Å². The molecule has 3 atom stereocenters. The van der Waals surface area contributed by atoms with Crippen molar-refractivity contribution < 1.29 is 5.21 Å². The highest BCUT2D eigenvalue weighted by atomic mass is 16.4. The lowest BCUT2D eigenvalue weighted by Crippen LogP contribution is -2.32. The van der Waals surface area contributed by atoms with E-state index in [0.717, 1.165) is 0 Å². The Morgan fingerprint density at radius 2 is 2.05 bits per heavy atom. The first-order valence-corrected chi connectivity index (χ1v) is 6.56.